The number of halogens is 1. The van der Waals surface area contributed by atoms with E-state index in [-0.39, 0.29) is 55.9 Å². The smallest absolute Gasteiger partial charge is 0.238 e. The van der Waals surface area contributed by atoms with Gasteiger partial charge >= 0.3 is 0 Å². The zero-order valence-electron chi connectivity index (χ0n) is 19.0. The molecule has 1 saturated heterocycles. The lowest BCUT2D eigenvalue weighted by atomic mass is 10.2. The Bertz CT molecular complexity index is 1020. The Balaban J connectivity index is 1.42. The van der Waals surface area contributed by atoms with Crippen molar-refractivity contribution in [2.24, 2.45) is 0 Å². The van der Waals surface area contributed by atoms with Crippen molar-refractivity contribution < 1.29 is 18.8 Å². The molecule has 1 N–H and O–H groups in total. The van der Waals surface area contributed by atoms with E-state index < -0.39 is 0 Å². The van der Waals surface area contributed by atoms with Crippen molar-refractivity contribution in [1.29, 1.82) is 5.26 Å². The summed E-state index contributed by atoms with van der Waals surface area (Å²) in [7, 11) is 0. The molecule has 1 heterocycles. The van der Waals surface area contributed by atoms with Crippen LogP contribution >= 0.6 is 0 Å². The summed E-state index contributed by atoms with van der Waals surface area (Å²) in [6.45, 7) is 2.53. The number of nitriles is 1. The van der Waals surface area contributed by atoms with Crippen molar-refractivity contribution in [2.75, 3.05) is 49.5 Å². The molecule has 0 spiro atoms. The highest BCUT2D eigenvalue weighted by molar-refractivity contribution is 5.95. The second-order valence-corrected chi connectivity index (χ2v) is 8.00. The topological polar surface area (TPSA) is 96.8 Å². The van der Waals surface area contributed by atoms with E-state index in [0.717, 1.165) is 0 Å². The van der Waals surface area contributed by atoms with E-state index in [9.17, 15) is 18.8 Å². The summed E-state index contributed by atoms with van der Waals surface area (Å²) in [5, 5.41) is 11.6. The summed E-state index contributed by atoms with van der Waals surface area (Å²) < 4.78 is 13.0. The molecule has 34 heavy (non-hydrogen) atoms. The first-order valence-corrected chi connectivity index (χ1v) is 11.2. The predicted molar refractivity (Wildman–Crippen MR) is 126 cm³/mol. The highest BCUT2D eigenvalue weighted by atomic mass is 19.1. The minimum Gasteiger partial charge on any atom is -0.340 e. The van der Waals surface area contributed by atoms with Crippen molar-refractivity contribution >= 4 is 29.1 Å². The molecule has 3 rings (SSSR count). The van der Waals surface area contributed by atoms with E-state index in [1.807, 2.05) is 35.2 Å². The van der Waals surface area contributed by atoms with Crippen LogP contribution in [0.2, 0.25) is 0 Å². The van der Waals surface area contributed by atoms with Gasteiger partial charge in [0.15, 0.2) is 0 Å². The van der Waals surface area contributed by atoms with Crippen molar-refractivity contribution in [3.05, 3.63) is 60.4 Å². The summed E-state index contributed by atoms with van der Waals surface area (Å²) in [5.74, 6) is -0.853. The first-order chi connectivity index (χ1) is 16.5. The molecule has 2 aromatic carbocycles. The number of nitrogens with zero attached hydrogens (tertiary/aromatic N) is 4. The van der Waals surface area contributed by atoms with Crippen molar-refractivity contribution in [2.45, 2.75) is 19.3 Å². The van der Waals surface area contributed by atoms with Gasteiger partial charge in [0.1, 0.15) is 5.82 Å². The molecular formula is C25H28FN5O3. The van der Waals surface area contributed by atoms with Crippen LogP contribution in [0.15, 0.2) is 54.6 Å². The molecule has 1 fully saturated rings. The van der Waals surface area contributed by atoms with Crippen LogP contribution in [0.5, 0.6) is 0 Å². The fraction of sp³-hybridized carbons (Fsp3) is 0.360. The molecule has 0 saturated carbocycles. The lowest BCUT2D eigenvalue weighted by molar-refractivity contribution is -0.134. The van der Waals surface area contributed by atoms with Crippen LogP contribution in [0.25, 0.3) is 0 Å². The number of hydrogen-bond acceptors (Lipinski definition) is 5. The number of carbonyl (C=O) groups excluding carboxylic acids is 3. The van der Waals surface area contributed by atoms with E-state index >= 15 is 0 Å². The zero-order chi connectivity index (χ0) is 24.3. The molecule has 1 aliphatic rings. The lowest BCUT2D eigenvalue weighted by Crippen LogP contribution is -2.50. The van der Waals surface area contributed by atoms with Gasteiger partial charge in [-0.3, -0.25) is 19.3 Å². The molecule has 0 unspecified atom stereocenters. The third kappa shape index (κ3) is 7.39. The molecule has 0 bridgehead atoms. The summed E-state index contributed by atoms with van der Waals surface area (Å²) in [6, 6.07) is 16.8. The number of carbonyl (C=O) groups is 3. The van der Waals surface area contributed by atoms with Crippen LogP contribution < -0.4 is 10.2 Å². The van der Waals surface area contributed by atoms with E-state index in [1.54, 1.807) is 9.80 Å². The van der Waals surface area contributed by atoms with Gasteiger partial charge in [0.25, 0.3) is 0 Å². The molecular weight excluding hydrogens is 437 g/mol. The van der Waals surface area contributed by atoms with Crippen LogP contribution in [-0.2, 0) is 14.4 Å². The molecule has 0 atom stereocenters. The van der Waals surface area contributed by atoms with Crippen LogP contribution in [-0.4, -0.2) is 66.8 Å². The molecule has 3 amide bonds. The maximum absolute atomic E-state index is 13.0. The van der Waals surface area contributed by atoms with E-state index in [4.69, 9.17) is 5.26 Å². The monoisotopic (exact) mass is 465 g/mol. The molecule has 8 nitrogen and oxygen atoms in total. The van der Waals surface area contributed by atoms with Gasteiger partial charge in [-0.05, 0) is 36.4 Å². The Hall–Kier alpha value is -3.77. The SMILES string of the molecule is N#CCCN(C(=O)CCC(=O)N1CCN(CC(=O)Nc2ccc(F)cc2)CC1)c1ccccc1. The summed E-state index contributed by atoms with van der Waals surface area (Å²) in [5.41, 5.74) is 1.24. The molecule has 0 radical (unpaired) electrons. The van der Waals surface area contributed by atoms with Crippen molar-refractivity contribution in [1.82, 2.24) is 9.80 Å². The van der Waals surface area contributed by atoms with Gasteiger partial charge in [-0.1, -0.05) is 18.2 Å². The molecule has 1 aliphatic heterocycles. The number of hydrogen-bond donors (Lipinski definition) is 1. The minimum atomic E-state index is -0.365. The van der Waals surface area contributed by atoms with Gasteiger partial charge in [0, 0.05) is 56.9 Å². The third-order valence-electron chi connectivity index (χ3n) is 5.59. The number of rotatable bonds is 9. The van der Waals surface area contributed by atoms with Gasteiger partial charge < -0.3 is 15.1 Å². The Labute approximate surface area is 198 Å². The number of nitrogens with one attached hydrogen (secondary N) is 1. The van der Waals surface area contributed by atoms with Gasteiger partial charge in [-0.15, -0.1) is 0 Å². The number of anilines is 2. The fourth-order valence-electron chi connectivity index (χ4n) is 3.77. The van der Waals surface area contributed by atoms with Crippen molar-refractivity contribution in [3.8, 4) is 6.07 Å². The van der Waals surface area contributed by atoms with Gasteiger partial charge in [-0.2, -0.15) is 5.26 Å². The summed E-state index contributed by atoms with van der Waals surface area (Å²) in [6.07, 6.45) is 0.379. The first-order valence-electron chi connectivity index (χ1n) is 11.2. The fourth-order valence-corrected chi connectivity index (χ4v) is 3.77. The molecule has 2 aromatic rings. The Kier molecular flexibility index (Phi) is 9.12. The van der Waals surface area contributed by atoms with Gasteiger partial charge in [0.2, 0.25) is 17.7 Å². The predicted octanol–water partition coefficient (Wildman–Crippen LogP) is 2.64. The van der Waals surface area contributed by atoms with Crippen LogP contribution in [0, 0.1) is 17.1 Å². The van der Waals surface area contributed by atoms with Crippen LogP contribution in [0.4, 0.5) is 15.8 Å². The Morgan fingerprint density at radius 3 is 2.29 bits per heavy atom. The van der Waals surface area contributed by atoms with Crippen molar-refractivity contribution in [3.63, 3.8) is 0 Å². The van der Waals surface area contributed by atoms with E-state index in [1.165, 1.54) is 24.3 Å². The largest absolute Gasteiger partial charge is 0.340 e. The lowest BCUT2D eigenvalue weighted by Gasteiger charge is -2.34. The van der Waals surface area contributed by atoms with Gasteiger partial charge in [-0.25, -0.2) is 4.39 Å². The minimum absolute atomic E-state index is 0.0689. The number of para-hydroxylation sites is 1. The molecule has 178 valence electrons. The number of piperazine rings is 1. The quantitative estimate of drug-likeness (QED) is 0.614. The Morgan fingerprint density at radius 2 is 1.65 bits per heavy atom. The third-order valence-corrected chi connectivity index (χ3v) is 5.59. The maximum Gasteiger partial charge on any atom is 0.238 e. The average Bonchev–Trinajstić information content (AvgIpc) is 2.85. The second kappa shape index (κ2) is 12.5. The standard InChI is InChI=1S/C25H28FN5O3/c26-20-7-9-21(10-8-20)28-23(32)19-29-15-17-30(18-16-29)24(33)11-12-25(34)31(14-4-13-27)22-5-2-1-3-6-22/h1-3,5-10H,4,11-12,14-19H2,(H,28,32). The summed E-state index contributed by atoms with van der Waals surface area (Å²) >= 11 is 0. The van der Waals surface area contributed by atoms with Gasteiger partial charge in [0.05, 0.1) is 19.0 Å². The van der Waals surface area contributed by atoms with Crippen LogP contribution in [0.1, 0.15) is 19.3 Å². The average molecular weight is 466 g/mol. The van der Waals surface area contributed by atoms with E-state index in [2.05, 4.69) is 11.4 Å². The second-order valence-electron chi connectivity index (χ2n) is 8.00. The van der Waals surface area contributed by atoms with E-state index in [0.29, 0.717) is 37.6 Å². The highest BCUT2D eigenvalue weighted by Crippen LogP contribution is 2.16. The number of benzene rings is 2. The molecule has 0 aromatic heterocycles. The van der Waals surface area contributed by atoms with Crippen LogP contribution in [0.3, 0.4) is 0 Å². The Morgan fingerprint density at radius 1 is 0.971 bits per heavy atom. The maximum atomic E-state index is 13.0. The molecule has 0 aliphatic carbocycles. The molecule has 9 heteroatoms. The zero-order valence-corrected chi connectivity index (χ0v) is 19.0. The first kappa shape index (κ1) is 24.9. The normalized spacial score (nSPS) is 13.7. The highest BCUT2D eigenvalue weighted by Gasteiger charge is 2.24. The summed E-state index contributed by atoms with van der Waals surface area (Å²) in [4.78, 5) is 42.8. The number of amides is 3.